The summed E-state index contributed by atoms with van der Waals surface area (Å²) in [7, 11) is 1.67. The van der Waals surface area contributed by atoms with Crippen molar-refractivity contribution in [3.8, 4) is 5.75 Å². The highest BCUT2D eigenvalue weighted by Crippen LogP contribution is 2.24. The molecule has 168 valence electrons. The number of benzene rings is 1. The predicted molar refractivity (Wildman–Crippen MR) is 122 cm³/mol. The van der Waals surface area contributed by atoms with E-state index in [0.29, 0.717) is 32.7 Å². The molecule has 4 rings (SSSR count). The molecule has 0 spiro atoms. The summed E-state index contributed by atoms with van der Waals surface area (Å²) < 4.78 is 13.1. The number of amides is 1. The zero-order valence-corrected chi connectivity index (χ0v) is 19.0. The average Bonchev–Trinajstić information content (AvgIpc) is 3.22. The van der Waals surface area contributed by atoms with Crippen molar-refractivity contribution in [2.45, 2.75) is 39.3 Å². The van der Waals surface area contributed by atoms with E-state index in [1.165, 1.54) is 11.1 Å². The molecule has 0 bridgehead atoms. The number of carbonyl (C=O) groups is 1. The molecule has 0 saturated carbocycles. The van der Waals surface area contributed by atoms with Crippen molar-refractivity contribution in [3.05, 3.63) is 76.9 Å². The minimum atomic E-state index is -0.214. The summed E-state index contributed by atoms with van der Waals surface area (Å²) in [5, 5.41) is 4.26. The molecule has 32 heavy (non-hydrogen) atoms. The fraction of sp³-hybridized carbons (Fsp3) is 0.400. The number of hydrogen-bond acceptors (Lipinski definition) is 5. The number of morpholine rings is 1. The van der Waals surface area contributed by atoms with E-state index in [1.54, 1.807) is 13.3 Å². The van der Waals surface area contributed by atoms with Gasteiger partial charge in [-0.3, -0.25) is 14.5 Å². The van der Waals surface area contributed by atoms with Gasteiger partial charge in [-0.2, -0.15) is 5.10 Å². The summed E-state index contributed by atoms with van der Waals surface area (Å²) in [6, 6.07) is 14.3. The number of rotatable bonds is 7. The van der Waals surface area contributed by atoms with Crippen LogP contribution in [0.4, 0.5) is 0 Å². The first-order valence-electron chi connectivity index (χ1n) is 11.0. The maximum absolute atomic E-state index is 12.8. The standard InChI is InChI=1S/C25H30N4O3/c1-18-14-21(15-20-4-6-22(31-3)7-5-20)16-23(27-18)24-17-28(12-13-32-24)25(30)9-11-29-19(2)8-10-26-29/h4-8,10,14,16,24H,9,11-13,15,17H2,1-3H3. The second-order valence-electron chi connectivity index (χ2n) is 8.21. The van der Waals surface area contributed by atoms with Crippen LogP contribution in [0.2, 0.25) is 0 Å². The Labute approximate surface area is 189 Å². The van der Waals surface area contributed by atoms with Crippen LogP contribution < -0.4 is 4.74 Å². The van der Waals surface area contributed by atoms with Crippen molar-refractivity contribution in [2.75, 3.05) is 26.8 Å². The molecule has 1 atom stereocenters. The number of nitrogens with zero attached hydrogens (tertiary/aromatic N) is 4. The molecule has 1 aromatic carbocycles. The van der Waals surface area contributed by atoms with E-state index in [4.69, 9.17) is 14.5 Å². The first-order chi connectivity index (χ1) is 15.5. The summed E-state index contributed by atoms with van der Waals surface area (Å²) in [5.41, 5.74) is 5.28. The molecule has 1 saturated heterocycles. The van der Waals surface area contributed by atoms with E-state index in [1.807, 2.05) is 41.6 Å². The minimum absolute atomic E-state index is 0.124. The van der Waals surface area contributed by atoms with Crippen molar-refractivity contribution < 1.29 is 14.3 Å². The van der Waals surface area contributed by atoms with E-state index in [2.05, 4.69) is 29.4 Å². The minimum Gasteiger partial charge on any atom is -0.497 e. The number of ether oxygens (including phenoxy) is 2. The van der Waals surface area contributed by atoms with Crippen LogP contribution in [0.3, 0.4) is 0 Å². The number of carbonyl (C=O) groups excluding carboxylic acids is 1. The van der Waals surface area contributed by atoms with E-state index < -0.39 is 0 Å². The second kappa shape index (κ2) is 9.96. The Hall–Kier alpha value is -3.19. The van der Waals surface area contributed by atoms with Gasteiger partial charge in [0.15, 0.2) is 0 Å². The number of pyridine rings is 1. The van der Waals surface area contributed by atoms with Crippen LogP contribution in [0.5, 0.6) is 5.75 Å². The summed E-state index contributed by atoms with van der Waals surface area (Å²) in [6.45, 7) is 6.23. The van der Waals surface area contributed by atoms with Crippen LogP contribution in [0, 0.1) is 13.8 Å². The van der Waals surface area contributed by atoms with Gasteiger partial charge in [0.05, 0.1) is 26.0 Å². The lowest BCUT2D eigenvalue weighted by atomic mass is 10.0. The highest BCUT2D eigenvalue weighted by Gasteiger charge is 2.26. The van der Waals surface area contributed by atoms with Crippen molar-refractivity contribution in [3.63, 3.8) is 0 Å². The third kappa shape index (κ3) is 5.34. The number of hydrogen-bond donors (Lipinski definition) is 0. The molecular formula is C25H30N4O3. The van der Waals surface area contributed by atoms with Gasteiger partial charge in [0, 0.05) is 37.1 Å². The predicted octanol–water partition coefficient (Wildman–Crippen LogP) is 3.48. The number of methoxy groups -OCH3 is 1. The van der Waals surface area contributed by atoms with Crippen LogP contribution in [-0.2, 0) is 22.5 Å². The van der Waals surface area contributed by atoms with E-state index >= 15 is 0 Å². The Morgan fingerprint density at radius 1 is 1.16 bits per heavy atom. The van der Waals surface area contributed by atoms with Gasteiger partial charge in [0.1, 0.15) is 11.9 Å². The molecule has 0 radical (unpaired) electrons. The second-order valence-corrected chi connectivity index (χ2v) is 8.21. The molecule has 1 fully saturated rings. The van der Waals surface area contributed by atoms with E-state index in [0.717, 1.165) is 29.3 Å². The van der Waals surface area contributed by atoms with Gasteiger partial charge in [0.2, 0.25) is 5.91 Å². The fourth-order valence-electron chi connectivity index (χ4n) is 4.06. The Morgan fingerprint density at radius 2 is 1.97 bits per heavy atom. The molecule has 0 N–H and O–H groups in total. The topological polar surface area (TPSA) is 69.5 Å². The normalized spacial score (nSPS) is 16.2. The van der Waals surface area contributed by atoms with Crippen molar-refractivity contribution in [2.24, 2.45) is 0 Å². The Morgan fingerprint density at radius 3 is 2.69 bits per heavy atom. The van der Waals surface area contributed by atoms with Crippen LogP contribution >= 0.6 is 0 Å². The lowest BCUT2D eigenvalue weighted by Crippen LogP contribution is -2.42. The van der Waals surface area contributed by atoms with E-state index in [9.17, 15) is 4.79 Å². The van der Waals surface area contributed by atoms with Crippen molar-refractivity contribution in [1.82, 2.24) is 19.7 Å². The van der Waals surface area contributed by atoms with Gasteiger partial charge < -0.3 is 14.4 Å². The summed E-state index contributed by atoms with van der Waals surface area (Å²) in [4.78, 5) is 19.4. The third-order valence-corrected chi connectivity index (χ3v) is 5.82. The lowest BCUT2D eigenvalue weighted by Gasteiger charge is -2.33. The van der Waals surface area contributed by atoms with Gasteiger partial charge >= 0.3 is 0 Å². The number of aryl methyl sites for hydroxylation is 3. The van der Waals surface area contributed by atoms with Crippen LogP contribution in [-0.4, -0.2) is 52.4 Å². The molecule has 1 aliphatic rings. The lowest BCUT2D eigenvalue weighted by molar-refractivity contribution is -0.139. The smallest absolute Gasteiger partial charge is 0.224 e. The molecule has 3 aromatic rings. The Bertz CT molecular complexity index is 1060. The molecule has 2 aromatic heterocycles. The first-order valence-corrected chi connectivity index (χ1v) is 11.0. The summed E-state index contributed by atoms with van der Waals surface area (Å²) in [6.07, 6.45) is 2.78. The molecule has 3 heterocycles. The molecule has 1 amide bonds. The van der Waals surface area contributed by atoms with Crippen molar-refractivity contribution in [1.29, 1.82) is 0 Å². The summed E-state index contributed by atoms with van der Waals surface area (Å²) >= 11 is 0. The van der Waals surface area contributed by atoms with Gasteiger partial charge in [0.25, 0.3) is 0 Å². The monoisotopic (exact) mass is 434 g/mol. The highest BCUT2D eigenvalue weighted by molar-refractivity contribution is 5.76. The number of aromatic nitrogens is 3. The zero-order chi connectivity index (χ0) is 22.5. The summed E-state index contributed by atoms with van der Waals surface area (Å²) in [5.74, 6) is 0.975. The van der Waals surface area contributed by atoms with Gasteiger partial charge in [-0.15, -0.1) is 0 Å². The van der Waals surface area contributed by atoms with Crippen LogP contribution in [0.15, 0.2) is 48.7 Å². The molecule has 7 heteroatoms. The molecule has 7 nitrogen and oxygen atoms in total. The average molecular weight is 435 g/mol. The van der Waals surface area contributed by atoms with Gasteiger partial charge in [-0.1, -0.05) is 12.1 Å². The Balaban J connectivity index is 1.42. The van der Waals surface area contributed by atoms with Crippen LogP contribution in [0.1, 0.15) is 40.7 Å². The maximum Gasteiger partial charge on any atom is 0.224 e. The van der Waals surface area contributed by atoms with Gasteiger partial charge in [-0.05, 0) is 61.7 Å². The third-order valence-electron chi connectivity index (χ3n) is 5.82. The van der Waals surface area contributed by atoms with Gasteiger partial charge in [-0.25, -0.2) is 0 Å². The highest BCUT2D eigenvalue weighted by atomic mass is 16.5. The molecule has 1 unspecified atom stereocenters. The fourth-order valence-corrected chi connectivity index (χ4v) is 4.06. The SMILES string of the molecule is COc1ccc(Cc2cc(C)nc(C3CN(C(=O)CCn4nccc4C)CCO3)c2)cc1. The maximum atomic E-state index is 12.8. The van der Waals surface area contributed by atoms with Crippen molar-refractivity contribution >= 4 is 5.91 Å². The zero-order valence-electron chi connectivity index (χ0n) is 19.0. The van der Waals surface area contributed by atoms with Crippen LogP contribution in [0.25, 0.3) is 0 Å². The molecular weight excluding hydrogens is 404 g/mol. The first kappa shape index (κ1) is 22.0. The van der Waals surface area contributed by atoms with E-state index in [-0.39, 0.29) is 12.0 Å². The largest absolute Gasteiger partial charge is 0.497 e. The quantitative estimate of drug-likeness (QED) is 0.569. The molecule has 0 aliphatic carbocycles. The molecule has 1 aliphatic heterocycles. The Kier molecular flexibility index (Phi) is 6.85.